The van der Waals surface area contributed by atoms with E-state index in [1.54, 1.807) is 6.07 Å². The summed E-state index contributed by atoms with van der Waals surface area (Å²) < 4.78 is 11.7. The third-order valence-corrected chi connectivity index (χ3v) is 4.67. The Morgan fingerprint density at radius 3 is 2.43 bits per heavy atom. The van der Waals surface area contributed by atoms with Crippen molar-refractivity contribution in [2.75, 3.05) is 0 Å². The first kappa shape index (κ1) is 19.9. The summed E-state index contributed by atoms with van der Waals surface area (Å²) in [6, 6.07) is 15.0. The maximum absolute atomic E-state index is 11.4. The Morgan fingerprint density at radius 2 is 1.75 bits per heavy atom. The van der Waals surface area contributed by atoms with Crippen LogP contribution < -0.4 is 10.1 Å². The molecule has 1 aromatic heterocycles. The van der Waals surface area contributed by atoms with Gasteiger partial charge in [-0.25, -0.2) is 9.78 Å². The Labute approximate surface area is 164 Å². The smallest absolute Gasteiger partial charge is 0.347 e. The first-order valence-corrected chi connectivity index (χ1v) is 9.25. The highest BCUT2D eigenvalue weighted by atomic mass is 16.5. The molecule has 28 heavy (non-hydrogen) atoms. The van der Waals surface area contributed by atoms with Crippen LogP contribution in [0.5, 0.6) is 5.75 Å². The molecule has 1 unspecified atom stereocenters. The third kappa shape index (κ3) is 4.02. The minimum absolute atomic E-state index is 0.134. The predicted octanol–water partition coefficient (Wildman–Crippen LogP) is 4.66. The zero-order valence-corrected chi connectivity index (χ0v) is 16.8. The minimum Gasteiger partial charge on any atom is -0.478 e. The lowest BCUT2D eigenvalue weighted by Gasteiger charge is -2.30. The molecule has 0 radical (unpaired) electrons. The van der Waals surface area contributed by atoms with Crippen LogP contribution in [0.4, 0.5) is 0 Å². The van der Waals surface area contributed by atoms with E-state index in [4.69, 9.17) is 9.15 Å². The molecule has 0 amide bonds. The molecule has 3 aromatic rings. The van der Waals surface area contributed by atoms with Crippen molar-refractivity contribution in [2.24, 2.45) is 0 Å². The number of carbonyl (C=O) groups is 1. The fourth-order valence-corrected chi connectivity index (χ4v) is 3.07. The topological polar surface area (TPSA) is 84.6 Å². The Balaban J connectivity index is 1.86. The molecule has 1 atom stereocenters. The molecular weight excluding hydrogens is 356 g/mol. The molecule has 0 saturated heterocycles. The van der Waals surface area contributed by atoms with Crippen LogP contribution in [-0.4, -0.2) is 21.7 Å². The van der Waals surface area contributed by atoms with Gasteiger partial charge in [0.15, 0.2) is 11.2 Å². The van der Waals surface area contributed by atoms with Crippen LogP contribution in [0, 0.1) is 0 Å². The SMILES string of the molecule is CC(NC(C)(C)c1nc2ccccc2o1)c1ccccc1OC(C)(C)C(=O)O. The van der Waals surface area contributed by atoms with E-state index >= 15 is 0 Å². The predicted molar refractivity (Wildman–Crippen MR) is 107 cm³/mol. The Bertz CT molecular complexity index is 958. The maximum Gasteiger partial charge on any atom is 0.347 e. The summed E-state index contributed by atoms with van der Waals surface area (Å²) in [5, 5.41) is 12.9. The summed E-state index contributed by atoms with van der Waals surface area (Å²) >= 11 is 0. The molecule has 0 fully saturated rings. The average molecular weight is 382 g/mol. The van der Waals surface area contributed by atoms with E-state index in [9.17, 15) is 9.90 Å². The van der Waals surface area contributed by atoms with Gasteiger partial charge in [0, 0.05) is 11.6 Å². The monoisotopic (exact) mass is 382 g/mol. The van der Waals surface area contributed by atoms with Crippen LogP contribution in [0.3, 0.4) is 0 Å². The second-order valence-electron chi connectivity index (χ2n) is 7.93. The Morgan fingerprint density at radius 1 is 1.11 bits per heavy atom. The molecule has 2 aromatic carbocycles. The molecular formula is C22H26N2O4. The summed E-state index contributed by atoms with van der Waals surface area (Å²) in [6.45, 7) is 9.07. The van der Waals surface area contributed by atoms with Gasteiger partial charge in [-0.05, 0) is 52.8 Å². The number of carboxylic acid groups (broad SMARTS) is 1. The number of nitrogens with zero attached hydrogens (tertiary/aromatic N) is 1. The lowest BCUT2D eigenvalue weighted by molar-refractivity contribution is -0.152. The van der Waals surface area contributed by atoms with Gasteiger partial charge in [0.2, 0.25) is 5.89 Å². The van der Waals surface area contributed by atoms with Crippen molar-refractivity contribution >= 4 is 17.1 Å². The van der Waals surface area contributed by atoms with Gasteiger partial charge >= 0.3 is 5.97 Å². The number of aromatic nitrogens is 1. The standard InChI is InChI=1S/C22H26N2O4/c1-14(15-10-6-8-12-17(15)28-22(4,5)20(25)26)24-21(2,3)19-23-16-11-7-9-13-18(16)27-19/h6-14,24H,1-5H3,(H,25,26). The summed E-state index contributed by atoms with van der Waals surface area (Å²) in [5.74, 6) is 0.0998. The van der Waals surface area contributed by atoms with E-state index in [1.807, 2.05) is 63.2 Å². The average Bonchev–Trinajstić information content (AvgIpc) is 3.06. The van der Waals surface area contributed by atoms with Crippen LogP contribution in [0.15, 0.2) is 52.9 Å². The summed E-state index contributed by atoms with van der Waals surface area (Å²) in [6.07, 6.45) is 0. The number of aliphatic carboxylic acids is 1. The van der Waals surface area contributed by atoms with E-state index in [-0.39, 0.29) is 6.04 Å². The normalized spacial score (nSPS) is 13.5. The van der Waals surface area contributed by atoms with Crippen molar-refractivity contribution < 1.29 is 19.1 Å². The van der Waals surface area contributed by atoms with Gasteiger partial charge in [0.05, 0.1) is 5.54 Å². The number of fused-ring (bicyclic) bond motifs is 1. The number of rotatable bonds is 7. The highest BCUT2D eigenvalue weighted by Crippen LogP contribution is 2.32. The van der Waals surface area contributed by atoms with Crippen LogP contribution in [0.2, 0.25) is 0 Å². The number of hydrogen-bond donors (Lipinski definition) is 2. The van der Waals surface area contributed by atoms with E-state index in [1.165, 1.54) is 13.8 Å². The van der Waals surface area contributed by atoms with Gasteiger partial charge < -0.3 is 14.3 Å². The number of para-hydroxylation sites is 3. The molecule has 0 aliphatic heterocycles. The quantitative estimate of drug-likeness (QED) is 0.618. The molecule has 6 heteroatoms. The summed E-state index contributed by atoms with van der Waals surface area (Å²) in [5.41, 5.74) is 0.541. The zero-order valence-electron chi connectivity index (χ0n) is 16.8. The van der Waals surface area contributed by atoms with Crippen LogP contribution >= 0.6 is 0 Å². The molecule has 0 saturated carbocycles. The Kier molecular flexibility index (Phi) is 5.17. The lowest BCUT2D eigenvalue weighted by atomic mass is 10.00. The maximum atomic E-state index is 11.4. The summed E-state index contributed by atoms with van der Waals surface area (Å²) in [7, 11) is 0. The van der Waals surface area contributed by atoms with Gasteiger partial charge in [-0.15, -0.1) is 0 Å². The number of hydrogen-bond acceptors (Lipinski definition) is 5. The first-order valence-electron chi connectivity index (χ1n) is 9.25. The van der Waals surface area contributed by atoms with Crippen molar-refractivity contribution in [1.82, 2.24) is 10.3 Å². The molecule has 6 nitrogen and oxygen atoms in total. The van der Waals surface area contributed by atoms with E-state index in [2.05, 4.69) is 10.3 Å². The molecule has 148 valence electrons. The van der Waals surface area contributed by atoms with Crippen molar-refractivity contribution in [2.45, 2.75) is 51.8 Å². The van der Waals surface area contributed by atoms with Crippen molar-refractivity contribution in [3.8, 4) is 5.75 Å². The van der Waals surface area contributed by atoms with E-state index in [0.717, 1.165) is 16.7 Å². The molecule has 2 N–H and O–H groups in total. The fraction of sp³-hybridized carbons (Fsp3) is 0.364. The second kappa shape index (κ2) is 7.28. The highest BCUT2D eigenvalue weighted by Gasteiger charge is 2.32. The highest BCUT2D eigenvalue weighted by molar-refractivity contribution is 5.77. The largest absolute Gasteiger partial charge is 0.478 e. The van der Waals surface area contributed by atoms with Gasteiger partial charge in [-0.2, -0.15) is 0 Å². The molecule has 0 aliphatic carbocycles. The first-order chi connectivity index (χ1) is 13.1. The molecule has 3 rings (SSSR count). The summed E-state index contributed by atoms with van der Waals surface area (Å²) in [4.78, 5) is 16.0. The van der Waals surface area contributed by atoms with E-state index < -0.39 is 17.1 Å². The molecule has 1 heterocycles. The van der Waals surface area contributed by atoms with Gasteiger partial charge in [0.1, 0.15) is 11.3 Å². The zero-order chi connectivity index (χ0) is 20.5. The number of nitrogens with one attached hydrogen (secondary N) is 1. The Hall–Kier alpha value is -2.86. The van der Waals surface area contributed by atoms with Crippen LogP contribution in [0.1, 0.15) is 52.1 Å². The number of ether oxygens (including phenoxy) is 1. The minimum atomic E-state index is -1.33. The fourth-order valence-electron chi connectivity index (χ4n) is 3.07. The molecule has 0 bridgehead atoms. The van der Waals surface area contributed by atoms with E-state index in [0.29, 0.717) is 11.6 Å². The molecule has 0 aliphatic rings. The number of benzene rings is 2. The number of carboxylic acids is 1. The molecule has 0 spiro atoms. The van der Waals surface area contributed by atoms with Crippen molar-refractivity contribution in [3.05, 3.63) is 60.0 Å². The van der Waals surface area contributed by atoms with Crippen molar-refractivity contribution in [3.63, 3.8) is 0 Å². The van der Waals surface area contributed by atoms with Crippen LogP contribution in [-0.2, 0) is 10.3 Å². The second-order valence-corrected chi connectivity index (χ2v) is 7.93. The van der Waals surface area contributed by atoms with Gasteiger partial charge in [-0.3, -0.25) is 5.32 Å². The van der Waals surface area contributed by atoms with Crippen LogP contribution in [0.25, 0.3) is 11.1 Å². The van der Waals surface area contributed by atoms with Gasteiger partial charge in [-0.1, -0.05) is 30.3 Å². The third-order valence-electron chi connectivity index (χ3n) is 4.67. The number of oxazole rings is 1. The van der Waals surface area contributed by atoms with Gasteiger partial charge in [0.25, 0.3) is 0 Å². The lowest BCUT2D eigenvalue weighted by Crippen LogP contribution is -2.40. The van der Waals surface area contributed by atoms with Crippen molar-refractivity contribution in [1.29, 1.82) is 0 Å².